The number of imidazole rings is 1. The monoisotopic (exact) mass is 304 g/mol. The molecule has 0 bridgehead atoms. The zero-order valence-electron chi connectivity index (χ0n) is 13.7. The molecule has 6 nitrogen and oxygen atoms in total. The minimum Gasteiger partial charge on any atom is -0.348 e. The van der Waals surface area contributed by atoms with Gasteiger partial charge >= 0.3 is 0 Å². The van der Waals surface area contributed by atoms with Crippen LogP contribution in [0.2, 0.25) is 0 Å². The van der Waals surface area contributed by atoms with Crippen molar-refractivity contribution in [3.8, 4) is 0 Å². The molecule has 2 amide bonds. The fraction of sp³-hybridized carbons (Fsp3) is 0.688. The van der Waals surface area contributed by atoms with Crippen LogP contribution in [-0.2, 0) is 11.3 Å². The van der Waals surface area contributed by atoms with Crippen LogP contribution in [0.25, 0.3) is 0 Å². The van der Waals surface area contributed by atoms with Gasteiger partial charge in [0, 0.05) is 31.2 Å². The van der Waals surface area contributed by atoms with Gasteiger partial charge in [0.2, 0.25) is 5.91 Å². The van der Waals surface area contributed by atoms with E-state index in [0.717, 1.165) is 12.2 Å². The summed E-state index contributed by atoms with van der Waals surface area (Å²) in [4.78, 5) is 31.0. The van der Waals surface area contributed by atoms with E-state index in [1.165, 1.54) is 0 Å². The fourth-order valence-electron chi connectivity index (χ4n) is 3.12. The number of carbonyl (C=O) groups is 2. The van der Waals surface area contributed by atoms with Crippen molar-refractivity contribution in [2.75, 3.05) is 6.54 Å². The van der Waals surface area contributed by atoms with Gasteiger partial charge in [-0.2, -0.15) is 0 Å². The average Bonchev–Trinajstić information content (AvgIpc) is 3.00. The number of hydrogen-bond acceptors (Lipinski definition) is 3. The Morgan fingerprint density at radius 1 is 1.32 bits per heavy atom. The average molecular weight is 304 g/mol. The second-order valence-electron chi connectivity index (χ2n) is 6.83. The Kier molecular flexibility index (Phi) is 3.70. The van der Waals surface area contributed by atoms with E-state index in [-0.39, 0.29) is 29.8 Å². The van der Waals surface area contributed by atoms with E-state index in [9.17, 15) is 9.59 Å². The first kappa shape index (κ1) is 15.1. The third-order valence-corrected chi connectivity index (χ3v) is 4.59. The van der Waals surface area contributed by atoms with E-state index in [1.54, 1.807) is 6.20 Å². The third kappa shape index (κ3) is 2.62. The smallest absolute Gasteiger partial charge is 0.271 e. The van der Waals surface area contributed by atoms with Crippen LogP contribution < -0.4 is 5.32 Å². The Morgan fingerprint density at radius 3 is 2.59 bits per heavy atom. The summed E-state index contributed by atoms with van der Waals surface area (Å²) in [5, 5.41) is 2.86. The van der Waals surface area contributed by atoms with Gasteiger partial charge in [-0.3, -0.25) is 9.59 Å². The molecular formula is C16H24N4O2. The Bertz CT molecular complexity index is 607. The number of carbonyl (C=O) groups excluding carboxylic acids is 2. The highest BCUT2D eigenvalue weighted by Gasteiger charge is 2.44. The molecule has 1 aliphatic heterocycles. The lowest BCUT2D eigenvalue weighted by Crippen LogP contribution is -2.42. The summed E-state index contributed by atoms with van der Waals surface area (Å²) < 4.78 is 2.00. The maximum absolute atomic E-state index is 12.5. The first-order valence-corrected chi connectivity index (χ1v) is 8.07. The first-order chi connectivity index (χ1) is 10.4. The van der Waals surface area contributed by atoms with Crippen LogP contribution in [0.15, 0.2) is 6.20 Å². The number of fused-ring (bicyclic) bond motifs is 1. The quantitative estimate of drug-likeness (QED) is 0.922. The van der Waals surface area contributed by atoms with Crippen LogP contribution >= 0.6 is 0 Å². The molecule has 3 atom stereocenters. The molecule has 1 N–H and O–H groups in total. The van der Waals surface area contributed by atoms with Crippen molar-refractivity contribution in [3.05, 3.63) is 17.7 Å². The van der Waals surface area contributed by atoms with Gasteiger partial charge in [0.1, 0.15) is 11.5 Å². The van der Waals surface area contributed by atoms with Crippen molar-refractivity contribution in [3.63, 3.8) is 0 Å². The van der Waals surface area contributed by atoms with Crippen LogP contribution in [0.4, 0.5) is 0 Å². The van der Waals surface area contributed by atoms with E-state index < -0.39 is 0 Å². The number of hydrogen-bond donors (Lipinski definition) is 1. The SMILES string of the molecule is CC(C)NC(=O)c1cn2c(n1)[C@H](C)N(C(=O)[C@@H]1C[C@@H]1C)CC2. The van der Waals surface area contributed by atoms with Gasteiger partial charge < -0.3 is 14.8 Å². The topological polar surface area (TPSA) is 67.2 Å². The van der Waals surface area contributed by atoms with Gasteiger partial charge in [0.05, 0.1) is 6.04 Å². The molecule has 120 valence electrons. The number of rotatable bonds is 3. The fourth-order valence-corrected chi connectivity index (χ4v) is 3.12. The molecule has 1 saturated carbocycles. The van der Waals surface area contributed by atoms with Crippen LogP contribution in [0.3, 0.4) is 0 Å². The lowest BCUT2D eigenvalue weighted by Gasteiger charge is -2.34. The van der Waals surface area contributed by atoms with E-state index >= 15 is 0 Å². The molecule has 1 aromatic rings. The molecule has 2 aliphatic rings. The minimum absolute atomic E-state index is 0.0744. The predicted molar refractivity (Wildman–Crippen MR) is 82.2 cm³/mol. The van der Waals surface area contributed by atoms with Gasteiger partial charge in [0.15, 0.2) is 0 Å². The highest BCUT2D eigenvalue weighted by Crippen LogP contribution is 2.41. The van der Waals surface area contributed by atoms with Crippen LogP contribution in [0.1, 0.15) is 56.5 Å². The molecule has 1 aromatic heterocycles. The minimum atomic E-state index is -0.155. The standard InChI is InChI=1S/C16H24N4O2/c1-9(2)17-15(21)13-8-19-5-6-20(11(4)14(19)18-13)16(22)12-7-10(12)3/h8-12H,5-7H2,1-4H3,(H,17,21)/t10-,11-,12+/m0/s1. The van der Waals surface area contributed by atoms with Gasteiger partial charge in [-0.05, 0) is 33.1 Å². The zero-order valence-corrected chi connectivity index (χ0v) is 13.7. The van der Waals surface area contributed by atoms with E-state index in [4.69, 9.17) is 0 Å². The van der Waals surface area contributed by atoms with Crippen LogP contribution in [0.5, 0.6) is 0 Å². The lowest BCUT2D eigenvalue weighted by molar-refractivity contribution is -0.136. The molecule has 1 aliphatic carbocycles. The van der Waals surface area contributed by atoms with Gasteiger partial charge in [-0.25, -0.2) is 4.98 Å². The molecular weight excluding hydrogens is 280 g/mol. The molecule has 6 heteroatoms. The molecule has 3 rings (SSSR count). The van der Waals surface area contributed by atoms with Gasteiger partial charge in [0.25, 0.3) is 5.91 Å². The third-order valence-electron chi connectivity index (χ3n) is 4.59. The highest BCUT2D eigenvalue weighted by atomic mass is 16.2. The molecule has 0 aromatic carbocycles. The maximum atomic E-state index is 12.5. The zero-order chi connectivity index (χ0) is 16.0. The van der Waals surface area contributed by atoms with Crippen molar-refractivity contribution < 1.29 is 9.59 Å². The second-order valence-corrected chi connectivity index (χ2v) is 6.83. The molecule has 2 heterocycles. The lowest BCUT2D eigenvalue weighted by atomic mass is 10.1. The van der Waals surface area contributed by atoms with Gasteiger partial charge in [-0.1, -0.05) is 6.92 Å². The Balaban J connectivity index is 1.78. The molecule has 1 fully saturated rings. The summed E-state index contributed by atoms with van der Waals surface area (Å²) >= 11 is 0. The second kappa shape index (κ2) is 5.41. The highest BCUT2D eigenvalue weighted by molar-refractivity contribution is 5.92. The number of nitrogens with one attached hydrogen (secondary N) is 1. The molecule has 0 saturated heterocycles. The Hall–Kier alpha value is -1.85. The summed E-state index contributed by atoms with van der Waals surface area (Å²) in [6.07, 6.45) is 2.80. The Labute approximate surface area is 130 Å². The summed E-state index contributed by atoms with van der Waals surface area (Å²) in [7, 11) is 0. The van der Waals surface area contributed by atoms with Crippen LogP contribution in [0, 0.1) is 11.8 Å². The van der Waals surface area contributed by atoms with Crippen molar-refractivity contribution in [1.29, 1.82) is 0 Å². The molecule has 22 heavy (non-hydrogen) atoms. The van der Waals surface area contributed by atoms with Gasteiger partial charge in [-0.15, -0.1) is 0 Å². The van der Waals surface area contributed by atoms with Crippen LogP contribution in [-0.4, -0.2) is 38.9 Å². The number of amides is 2. The predicted octanol–water partition coefficient (Wildman–Crippen LogP) is 1.58. The van der Waals surface area contributed by atoms with E-state index in [2.05, 4.69) is 17.2 Å². The number of nitrogens with zero attached hydrogens (tertiary/aromatic N) is 3. The summed E-state index contributed by atoms with van der Waals surface area (Å²) in [6, 6.07) is 0.00716. The largest absolute Gasteiger partial charge is 0.348 e. The van der Waals surface area contributed by atoms with E-state index in [0.29, 0.717) is 24.7 Å². The van der Waals surface area contributed by atoms with Crippen molar-refractivity contribution in [1.82, 2.24) is 19.8 Å². The Morgan fingerprint density at radius 2 is 2.00 bits per heavy atom. The summed E-state index contributed by atoms with van der Waals surface area (Å²) in [6.45, 7) is 9.35. The molecule has 0 spiro atoms. The van der Waals surface area contributed by atoms with Crippen molar-refractivity contribution >= 4 is 11.8 Å². The first-order valence-electron chi connectivity index (χ1n) is 8.07. The molecule has 0 radical (unpaired) electrons. The van der Waals surface area contributed by atoms with Crippen molar-refractivity contribution in [2.24, 2.45) is 11.8 Å². The van der Waals surface area contributed by atoms with Crippen molar-refractivity contribution in [2.45, 2.75) is 52.7 Å². The number of aromatic nitrogens is 2. The summed E-state index contributed by atoms with van der Waals surface area (Å²) in [5.41, 5.74) is 0.435. The maximum Gasteiger partial charge on any atom is 0.271 e. The molecule has 0 unspecified atom stereocenters. The normalized spacial score (nSPS) is 26.8. The summed E-state index contributed by atoms with van der Waals surface area (Å²) in [5.74, 6) is 1.59. The van der Waals surface area contributed by atoms with E-state index in [1.807, 2.05) is 30.2 Å².